The highest BCUT2D eigenvalue weighted by molar-refractivity contribution is 8.13. The van der Waals surface area contributed by atoms with Crippen molar-refractivity contribution in [2.24, 2.45) is 26.3 Å². The fourth-order valence-electron chi connectivity index (χ4n) is 1.90. The summed E-state index contributed by atoms with van der Waals surface area (Å²) in [6.45, 7) is 5.46. The Morgan fingerprint density at radius 1 is 0.767 bits per heavy atom. The van der Waals surface area contributed by atoms with Crippen LogP contribution >= 0.6 is 10.7 Å². The lowest BCUT2D eigenvalue weighted by Crippen LogP contribution is -2.13. The molecule has 0 aliphatic rings. The third kappa shape index (κ3) is 7.44. The van der Waals surface area contributed by atoms with Crippen LogP contribution in [0.1, 0.15) is 17.1 Å². The van der Waals surface area contributed by atoms with Crippen molar-refractivity contribution in [1.82, 2.24) is 29.3 Å². The molecule has 12 nitrogen and oxygen atoms in total. The van der Waals surface area contributed by atoms with Crippen LogP contribution in [-0.2, 0) is 40.2 Å². The highest BCUT2D eigenvalue weighted by Crippen LogP contribution is 2.13. The molecule has 3 rings (SSSR count). The highest BCUT2D eigenvalue weighted by atomic mass is 35.7. The molecule has 0 aliphatic carbocycles. The molecule has 0 aliphatic heterocycles. The summed E-state index contributed by atoms with van der Waals surface area (Å²) in [4.78, 5) is 0. The van der Waals surface area contributed by atoms with Gasteiger partial charge in [-0.3, -0.25) is 14.0 Å². The van der Waals surface area contributed by atoms with Crippen LogP contribution in [0.15, 0.2) is 28.3 Å². The first-order chi connectivity index (χ1) is 13.5. The summed E-state index contributed by atoms with van der Waals surface area (Å²) in [5, 5.41) is 15.9. The van der Waals surface area contributed by atoms with Crippen LogP contribution in [0.2, 0.25) is 0 Å². The van der Waals surface area contributed by atoms with Crippen molar-refractivity contribution in [2.45, 2.75) is 30.8 Å². The van der Waals surface area contributed by atoms with E-state index in [0.717, 1.165) is 17.1 Å². The van der Waals surface area contributed by atoms with Gasteiger partial charge in [0.15, 0.2) is 10.1 Å². The van der Waals surface area contributed by atoms with E-state index in [1.807, 2.05) is 20.0 Å². The zero-order valence-corrected chi connectivity index (χ0v) is 19.8. The Morgan fingerprint density at radius 2 is 1.13 bits per heavy atom. The number of rotatable bonds is 2. The summed E-state index contributed by atoms with van der Waals surface area (Å²) in [5.74, 6) is 0.588. The minimum atomic E-state index is -3.66. The third-order valence-corrected chi connectivity index (χ3v) is 5.81. The molecule has 0 spiro atoms. The number of aromatic nitrogens is 6. The van der Waals surface area contributed by atoms with E-state index >= 15 is 0 Å². The van der Waals surface area contributed by atoms with Crippen LogP contribution in [0.3, 0.4) is 0 Å². The van der Waals surface area contributed by atoms with Gasteiger partial charge < -0.3 is 5.73 Å². The maximum atomic E-state index is 10.7. The smallest absolute Gasteiger partial charge is 0.280 e. The summed E-state index contributed by atoms with van der Waals surface area (Å²) < 4.78 is 47.4. The fraction of sp³-hybridized carbons (Fsp3) is 0.400. The number of halogens is 1. The van der Waals surface area contributed by atoms with Crippen molar-refractivity contribution in [3.8, 4) is 0 Å². The summed E-state index contributed by atoms with van der Waals surface area (Å²) in [6.07, 6.45) is 0. The molecule has 30 heavy (non-hydrogen) atoms. The standard InChI is InChI=1S/C5H7ClN2O2S.C5H9N3O2S.C5H9N3/c2*1-4-3-5(7-8(4)2)11(6,9)10;1-4-3-5(6)7-8(4)2/h3H,1-2H3;3H,1-2H3,(H2,6,9,10);3H,1-2H3,(H2,6,7). The number of nitrogen functional groups attached to an aromatic ring is 1. The van der Waals surface area contributed by atoms with Crippen molar-refractivity contribution in [1.29, 1.82) is 0 Å². The molecule has 3 heterocycles. The number of nitrogens with zero attached hydrogens (tertiary/aromatic N) is 6. The van der Waals surface area contributed by atoms with Crippen LogP contribution in [0, 0.1) is 20.8 Å². The number of hydrogen-bond acceptors (Lipinski definition) is 8. The average molecular weight is 481 g/mol. The minimum Gasteiger partial charge on any atom is -0.382 e. The Kier molecular flexibility index (Phi) is 8.19. The number of hydrogen-bond donors (Lipinski definition) is 2. The van der Waals surface area contributed by atoms with Gasteiger partial charge in [0.1, 0.15) is 5.82 Å². The van der Waals surface area contributed by atoms with Crippen molar-refractivity contribution < 1.29 is 16.8 Å². The number of nitrogens with two attached hydrogens (primary N) is 2. The van der Waals surface area contributed by atoms with Gasteiger partial charge in [0.2, 0.25) is 0 Å². The first-order valence-corrected chi connectivity index (χ1v) is 12.1. The second-order valence-corrected chi connectivity index (χ2v) is 10.3. The number of primary sulfonamides is 1. The van der Waals surface area contributed by atoms with Crippen LogP contribution < -0.4 is 10.9 Å². The normalized spacial score (nSPS) is 11.3. The molecule has 0 amide bonds. The third-order valence-electron chi connectivity index (χ3n) is 3.86. The maximum absolute atomic E-state index is 10.7. The van der Waals surface area contributed by atoms with E-state index in [-0.39, 0.29) is 10.1 Å². The quantitative estimate of drug-likeness (QED) is 0.493. The molecule has 0 bridgehead atoms. The average Bonchev–Trinajstić information content (AvgIpc) is 3.19. The second-order valence-electron chi connectivity index (χ2n) is 6.31. The van der Waals surface area contributed by atoms with Crippen LogP contribution in [0.4, 0.5) is 5.82 Å². The van der Waals surface area contributed by atoms with Crippen LogP contribution in [0.25, 0.3) is 0 Å². The monoisotopic (exact) mass is 480 g/mol. The van der Waals surface area contributed by atoms with Gasteiger partial charge in [-0.2, -0.15) is 15.3 Å². The summed E-state index contributed by atoms with van der Waals surface area (Å²) in [7, 11) is 2.92. The SMILES string of the molecule is Cc1cc(N)nn1C.Cc1cc(S(=O)(=O)Cl)nn1C.Cc1cc(S(N)(=O)=O)nn1C. The van der Waals surface area contributed by atoms with Crippen molar-refractivity contribution >= 4 is 35.6 Å². The van der Waals surface area contributed by atoms with Gasteiger partial charge in [-0.05, 0) is 32.9 Å². The summed E-state index contributed by atoms with van der Waals surface area (Å²) in [5.41, 5.74) is 7.95. The van der Waals surface area contributed by atoms with E-state index in [4.69, 9.17) is 21.6 Å². The van der Waals surface area contributed by atoms with E-state index in [2.05, 4.69) is 15.3 Å². The Hall–Kier alpha value is -2.42. The molecule has 0 radical (unpaired) electrons. The van der Waals surface area contributed by atoms with E-state index in [9.17, 15) is 16.8 Å². The summed E-state index contributed by atoms with van der Waals surface area (Å²) >= 11 is 0. The highest BCUT2D eigenvalue weighted by Gasteiger charge is 2.14. The molecule has 0 unspecified atom stereocenters. The van der Waals surface area contributed by atoms with Gasteiger partial charge in [0.25, 0.3) is 19.1 Å². The number of anilines is 1. The Balaban J connectivity index is 0.000000228. The number of sulfonamides is 1. The fourth-order valence-corrected chi connectivity index (χ4v) is 3.23. The van der Waals surface area contributed by atoms with Gasteiger partial charge in [0, 0.05) is 55.0 Å². The maximum Gasteiger partial charge on any atom is 0.280 e. The van der Waals surface area contributed by atoms with Gasteiger partial charge in [-0.15, -0.1) is 0 Å². The molecule has 0 saturated carbocycles. The first-order valence-electron chi connectivity index (χ1n) is 8.27. The Labute approximate surface area is 179 Å². The molecule has 0 saturated heterocycles. The minimum absolute atomic E-state index is 0.0856. The molecule has 3 aromatic rings. The largest absolute Gasteiger partial charge is 0.382 e. The first kappa shape index (κ1) is 25.6. The van der Waals surface area contributed by atoms with E-state index in [1.165, 1.54) is 21.5 Å². The van der Waals surface area contributed by atoms with E-state index in [1.54, 1.807) is 32.6 Å². The van der Waals surface area contributed by atoms with E-state index in [0.29, 0.717) is 5.82 Å². The molecular formula is C15H25ClN8O4S2. The van der Waals surface area contributed by atoms with Gasteiger partial charge in [-0.1, -0.05) is 0 Å². The van der Waals surface area contributed by atoms with Crippen LogP contribution in [-0.4, -0.2) is 46.2 Å². The molecule has 168 valence electrons. The molecule has 4 N–H and O–H groups in total. The van der Waals surface area contributed by atoms with Gasteiger partial charge in [0.05, 0.1) is 0 Å². The lowest BCUT2D eigenvalue weighted by molar-refractivity contribution is 0.589. The predicted molar refractivity (Wildman–Crippen MR) is 113 cm³/mol. The van der Waals surface area contributed by atoms with Crippen molar-refractivity contribution in [3.63, 3.8) is 0 Å². The Bertz CT molecular complexity index is 1090. The Morgan fingerprint density at radius 3 is 1.27 bits per heavy atom. The molecular weight excluding hydrogens is 456 g/mol. The number of aryl methyl sites for hydroxylation is 6. The molecule has 3 aromatic heterocycles. The second kappa shape index (κ2) is 9.59. The zero-order valence-electron chi connectivity index (χ0n) is 17.4. The molecule has 0 fully saturated rings. The zero-order chi connectivity index (χ0) is 23.4. The van der Waals surface area contributed by atoms with E-state index < -0.39 is 19.1 Å². The molecule has 0 atom stereocenters. The van der Waals surface area contributed by atoms with Gasteiger partial charge in [-0.25, -0.2) is 22.0 Å². The molecule has 0 aromatic carbocycles. The summed E-state index contributed by atoms with van der Waals surface area (Å²) in [6, 6.07) is 4.68. The lowest BCUT2D eigenvalue weighted by atomic mass is 10.5. The predicted octanol–water partition coefficient (Wildman–Crippen LogP) is 0.343. The van der Waals surface area contributed by atoms with Crippen molar-refractivity contribution in [3.05, 3.63) is 35.3 Å². The molecule has 15 heteroatoms. The topological polar surface area (TPSA) is 174 Å². The van der Waals surface area contributed by atoms with Gasteiger partial charge >= 0.3 is 0 Å². The van der Waals surface area contributed by atoms with Crippen molar-refractivity contribution in [2.75, 3.05) is 5.73 Å². The lowest BCUT2D eigenvalue weighted by Gasteiger charge is -1.89. The van der Waals surface area contributed by atoms with Crippen LogP contribution in [0.5, 0.6) is 0 Å².